The molecule has 0 unspecified atom stereocenters. The van der Waals surface area contributed by atoms with Crippen LogP contribution in [0.15, 0.2) is 23.2 Å². The maximum atomic E-state index is 5.72. The second kappa shape index (κ2) is 8.68. The van der Waals surface area contributed by atoms with Crippen LogP contribution in [0.2, 0.25) is 0 Å². The van der Waals surface area contributed by atoms with Crippen LogP contribution in [-0.4, -0.2) is 24.6 Å². The molecule has 2 aromatic rings. The number of aliphatic imine (C=N–C) groups is 1. The number of benzene rings is 1. The van der Waals surface area contributed by atoms with Crippen LogP contribution in [0, 0.1) is 20.8 Å². The van der Waals surface area contributed by atoms with Crippen LogP contribution >= 0.6 is 11.3 Å². The van der Waals surface area contributed by atoms with Gasteiger partial charge in [-0.05, 0) is 39.3 Å². The SMILES string of the molecule is CCOc1cc(C)ccc1CNC(=NC)NCc1sc(C)nc1C. The molecule has 0 saturated carbocycles. The van der Waals surface area contributed by atoms with Gasteiger partial charge in [-0.2, -0.15) is 0 Å². The monoisotopic (exact) mass is 346 g/mol. The van der Waals surface area contributed by atoms with E-state index in [1.54, 1.807) is 18.4 Å². The molecule has 24 heavy (non-hydrogen) atoms. The van der Waals surface area contributed by atoms with E-state index in [-0.39, 0.29) is 0 Å². The zero-order valence-electron chi connectivity index (χ0n) is 15.1. The number of hydrogen-bond acceptors (Lipinski definition) is 4. The van der Waals surface area contributed by atoms with Gasteiger partial charge in [0.1, 0.15) is 5.75 Å². The number of nitrogens with zero attached hydrogens (tertiary/aromatic N) is 2. The Kier molecular flexibility index (Phi) is 6.61. The molecular formula is C18H26N4OS. The molecule has 0 spiro atoms. The number of guanidine groups is 1. The van der Waals surface area contributed by atoms with Crippen LogP contribution in [0.1, 0.15) is 33.6 Å². The number of aromatic nitrogens is 1. The first-order valence-corrected chi connectivity index (χ1v) is 8.94. The second-order valence-corrected chi connectivity index (χ2v) is 6.85. The van der Waals surface area contributed by atoms with Crippen molar-refractivity contribution in [3.8, 4) is 5.75 Å². The van der Waals surface area contributed by atoms with Gasteiger partial charge in [-0.3, -0.25) is 4.99 Å². The summed E-state index contributed by atoms with van der Waals surface area (Å²) in [5, 5.41) is 7.78. The van der Waals surface area contributed by atoms with Gasteiger partial charge in [0.15, 0.2) is 5.96 Å². The third-order valence-corrected chi connectivity index (χ3v) is 4.68. The highest BCUT2D eigenvalue weighted by molar-refractivity contribution is 7.11. The van der Waals surface area contributed by atoms with Crippen LogP contribution in [0.25, 0.3) is 0 Å². The summed E-state index contributed by atoms with van der Waals surface area (Å²) in [6, 6.07) is 6.26. The Morgan fingerprint density at radius 3 is 2.58 bits per heavy atom. The van der Waals surface area contributed by atoms with Gasteiger partial charge in [0.25, 0.3) is 0 Å². The van der Waals surface area contributed by atoms with Crippen molar-refractivity contribution >= 4 is 17.3 Å². The lowest BCUT2D eigenvalue weighted by molar-refractivity contribution is 0.336. The van der Waals surface area contributed by atoms with Crippen molar-refractivity contribution in [2.24, 2.45) is 4.99 Å². The quantitative estimate of drug-likeness (QED) is 0.622. The lowest BCUT2D eigenvalue weighted by Crippen LogP contribution is -2.36. The van der Waals surface area contributed by atoms with Crippen LogP contribution in [-0.2, 0) is 13.1 Å². The maximum absolute atomic E-state index is 5.72. The molecule has 2 N–H and O–H groups in total. The standard InChI is InChI=1S/C18H26N4OS/c1-6-23-16-9-12(2)7-8-15(16)10-20-18(19-5)21-11-17-13(3)22-14(4)24-17/h7-9H,6,10-11H2,1-5H3,(H2,19,20,21). The summed E-state index contributed by atoms with van der Waals surface area (Å²) in [5.74, 6) is 1.69. The zero-order valence-corrected chi connectivity index (χ0v) is 15.9. The first-order chi connectivity index (χ1) is 11.5. The van der Waals surface area contributed by atoms with E-state index < -0.39 is 0 Å². The van der Waals surface area contributed by atoms with Gasteiger partial charge < -0.3 is 15.4 Å². The van der Waals surface area contributed by atoms with Crippen molar-refractivity contribution in [3.63, 3.8) is 0 Å². The van der Waals surface area contributed by atoms with E-state index in [9.17, 15) is 0 Å². The lowest BCUT2D eigenvalue weighted by Gasteiger charge is -2.14. The third kappa shape index (κ3) is 4.96. The molecule has 5 nitrogen and oxygen atoms in total. The summed E-state index contributed by atoms with van der Waals surface area (Å²) in [7, 11) is 1.78. The summed E-state index contributed by atoms with van der Waals surface area (Å²) in [5.41, 5.74) is 3.40. The van der Waals surface area contributed by atoms with E-state index in [1.807, 2.05) is 20.8 Å². The van der Waals surface area contributed by atoms with E-state index in [4.69, 9.17) is 4.74 Å². The largest absolute Gasteiger partial charge is 0.494 e. The normalized spacial score (nSPS) is 11.5. The highest BCUT2D eigenvalue weighted by atomic mass is 32.1. The van der Waals surface area contributed by atoms with Crippen LogP contribution in [0.5, 0.6) is 5.75 Å². The number of hydrogen-bond donors (Lipinski definition) is 2. The molecule has 130 valence electrons. The average molecular weight is 347 g/mol. The Hall–Kier alpha value is -2.08. The van der Waals surface area contributed by atoms with Crippen LogP contribution in [0.4, 0.5) is 0 Å². The second-order valence-electron chi connectivity index (χ2n) is 5.56. The molecule has 0 bridgehead atoms. The smallest absolute Gasteiger partial charge is 0.191 e. The molecule has 0 aliphatic heterocycles. The van der Waals surface area contributed by atoms with Gasteiger partial charge in [0, 0.05) is 24.0 Å². The minimum atomic E-state index is 0.660. The Labute approximate surface area is 148 Å². The molecule has 0 saturated heterocycles. The summed E-state index contributed by atoms with van der Waals surface area (Å²) in [6.45, 7) is 10.2. The van der Waals surface area contributed by atoms with Crippen LogP contribution in [0.3, 0.4) is 0 Å². The van der Waals surface area contributed by atoms with Crippen molar-refractivity contribution in [1.29, 1.82) is 0 Å². The van der Waals surface area contributed by atoms with E-state index in [2.05, 4.69) is 45.7 Å². The summed E-state index contributed by atoms with van der Waals surface area (Å²) < 4.78 is 5.72. The van der Waals surface area contributed by atoms with Gasteiger partial charge in [0.05, 0.1) is 23.9 Å². The summed E-state index contributed by atoms with van der Waals surface area (Å²) in [6.07, 6.45) is 0. The Bertz CT molecular complexity index is 709. The zero-order chi connectivity index (χ0) is 17.5. The Balaban J connectivity index is 1.95. The molecule has 0 amide bonds. The highest BCUT2D eigenvalue weighted by Crippen LogP contribution is 2.20. The molecule has 0 aliphatic rings. The number of aryl methyl sites for hydroxylation is 3. The molecule has 1 aromatic heterocycles. The van der Waals surface area contributed by atoms with Crippen LogP contribution < -0.4 is 15.4 Å². The van der Waals surface area contributed by atoms with Gasteiger partial charge in [0.2, 0.25) is 0 Å². The fourth-order valence-electron chi connectivity index (χ4n) is 2.40. The van der Waals surface area contributed by atoms with E-state index >= 15 is 0 Å². The van der Waals surface area contributed by atoms with Crippen molar-refractivity contribution in [2.45, 2.75) is 40.8 Å². The number of nitrogens with one attached hydrogen (secondary N) is 2. The van der Waals surface area contributed by atoms with E-state index in [1.165, 1.54) is 10.4 Å². The predicted molar refractivity (Wildman–Crippen MR) is 101 cm³/mol. The minimum absolute atomic E-state index is 0.660. The van der Waals surface area contributed by atoms with E-state index in [0.29, 0.717) is 13.2 Å². The van der Waals surface area contributed by atoms with Crippen molar-refractivity contribution < 1.29 is 4.74 Å². The van der Waals surface area contributed by atoms with E-state index in [0.717, 1.165) is 34.5 Å². The molecule has 0 aliphatic carbocycles. The van der Waals surface area contributed by atoms with Gasteiger partial charge in [-0.1, -0.05) is 12.1 Å². The predicted octanol–water partition coefficient (Wildman–Crippen LogP) is 3.33. The number of rotatable bonds is 6. The number of ether oxygens (including phenoxy) is 1. The fraction of sp³-hybridized carbons (Fsp3) is 0.444. The molecule has 0 radical (unpaired) electrons. The third-order valence-electron chi connectivity index (χ3n) is 3.61. The molecular weight excluding hydrogens is 320 g/mol. The molecule has 2 rings (SSSR count). The average Bonchev–Trinajstić information content (AvgIpc) is 2.87. The highest BCUT2D eigenvalue weighted by Gasteiger charge is 2.08. The fourth-order valence-corrected chi connectivity index (χ4v) is 3.28. The molecule has 1 heterocycles. The molecule has 0 fully saturated rings. The molecule has 6 heteroatoms. The van der Waals surface area contributed by atoms with Gasteiger partial charge in [-0.15, -0.1) is 11.3 Å². The molecule has 1 aromatic carbocycles. The first-order valence-electron chi connectivity index (χ1n) is 8.13. The summed E-state index contributed by atoms with van der Waals surface area (Å²) >= 11 is 1.72. The van der Waals surface area contributed by atoms with Crippen molar-refractivity contribution in [1.82, 2.24) is 15.6 Å². The van der Waals surface area contributed by atoms with Crippen molar-refractivity contribution in [3.05, 3.63) is 44.9 Å². The van der Waals surface area contributed by atoms with Gasteiger partial charge >= 0.3 is 0 Å². The topological polar surface area (TPSA) is 58.5 Å². The lowest BCUT2D eigenvalue weighted by atomic mass is 10.1. The number of thiazole rings is 1. The first kappa shape index (κ1) is 18.3. The Morgan fingerprint density at radius 2 is 1.96 bits per heavy atom. The Morgan fingerprint density at radius 1 is 1.21 bits per heavy atom. The minimum Gasteiger partial charge on any atom is -0.494 e. The van der Waals surface area contributed by atoms with Gasteiger partial charge in [-0.25, -0.2) is 4.98 Å². The molecule has 0 atom stereocenters. The van der Waals surface area contributed by atoms with Crippen molar-refractivity contribution in [2.75, 3.05) is 13.7 Å². The maximum Gasteiger partial charge on any atom is 0.191 e. The summed E-state index contributed by atoms with van der Waals surface area (Å²) in [4.78, 5) is 9.97.